The van der Waals surface area contributed by atoms with Crippen molar-refractivity contribution in [1.82, 2.24) is 9.55 Å². The minimum absolute atomic E-state index is 0.0980. The summed E-state index contributed by atoms with van der Waals surface area (Å²) in [5, 5.41) is 9.26. The molecule has 0 radical (unpaired) electrons. The van der Waals surface area contributed by atoms with Crippen molar-refractivity contribution in [3.05, 3.63) is 58.5 Å². The highest BCUT2D eigenvalue weighted by atomic mass is 32.2. The molecule has 0 bridgehead atoms. The zero-order chi connectivity index (χ0) is 14.8. The van der Waals surface area contributed by atoms with Crippen LogP contribution in [0.2, 0.25) is 0 Å². The predicted molar refractivity (Wildman–Crippen MR) is 79.7 cm³/mol. The van der Waals surface area contributed by atoms with E-state index in [1.54, 1.807) is 6.20 Å². The van der Waals surface area contributed by atoms with Gasteiger partial charge >= 0.3 is 5.97 Å². The fraction of sp³-hybridized carbons (Fsp3) is 0.267. The Morgan fingerprint density at radius 3 is 2.81 bits per heavy atom. The van der Waals surface area contributed by atoms with Crippen LogP contribution in [0.25, 0.3) is 0 Å². The summed E-state index contributed by atoms with van der Waals surface area (Å²) in [6.45, 7) is 0. The predicted octanol–water partition coefficient (Wildman–Crippen LogP) is 2.15. The fourth-order valence-electron chi connectivity index (χ4n) is 2.43. The average Bonchev–Trinajstić information content (AvgIpc) is 3.26. The van der Waals surface area contributed by atoms with E-state index in [1.165, 1.54) is 11.6 Å². The summed E-state index contributed by atoms with van der Waals surface area (Å²) in [4.78, 5) is 26.0. The van der Waals surface area contributed by atoms with Crippen LogP contribution < -0.4 is 5.56 Å². The molecule has 1 saturated carbocycles. The molecule has 0 spiro atoms. The van der Waals surface area contributed by atoms with Crippen molar-refractivity contribution in [2.45, 2.75) is 23.5 Å². The normalized spacial score (nSPS) is 20.2. The molecule has 0 aliphatic heterocycles. The van der Waals surface area contributed by atoms with Gasteiger partial charge in [-0.05, 0) is 12.0 Å². The lowest BCUT2D eigenvalue weighted by atomic mass is 10.1. The summed E-state index contributed by atoms with van der Waals surface area (Å²) in [5.41, 5.74) is 0.923. The topological polar surface area (TPSA) is 72.2 Å². The lowest BCUT2D eigenvalue weighted by Crippen LogP contribution is -2.14. The van der Waals surface area contributed by atoms with Crippen LogP contribution in [-0.2, 0) is 4.79 Å². The van der Waals surface area contributed by atoms with E-state index in [1.807, 2.05) is 22.8 Å². The molecule has 5 nitrogen and oxygen atoms in total. The summed E-state index contributed by atoms with van der Waals surface area (Å²) in [6, 6.07) is 11.8. The van der Waals surface area contributed by atoms with E-state index in [0.29, 0.717) is 11.1 Å². The quantitative estimate of drug-likeness (QED) is 0.677. The highest BCUT2D eigenvalue weighted by Crippen LogP contribution is 2.52. The third-order valence-corrected chi connectivity index (χ3v) is 4.42. The Kier molecular flexibility index (Phi) is 3.79. The van der Waals surface area contributed by atoms with Gasteiger partial charge in [-0.3, -0.25) is 9.59 Å². The van der Waals surface area contributed by atoms with Crippen molar-refractivity contribution >= 4 is 17.7 Å². The van der Waals surface area contributed by atoms with Gasteiger partial charge in [0, 0.05) is 24.2 Å². The third kappa shape index (κ3) is 3.16. The molecule has 108 valence electrons. The van der Waals surface area contributed by atoms with Gasteiger partial charge in [0.15, 0.2) is 5.16 Å². The molecular formula is C15H14N2O3S. The van der Waals surface area contributed by atoms with Gasteiger partial charge in [0.05, 0.1) is 5.75 Å². The second kappa shape index (κ2) is 5.73. The average molecular weight is 302 g/mol. The highest BCUT2D eigenvalue weighted by Gasteiger charge is 2.40. The molecule has 1 fully saturated rings. The van der Waals surface area contributed by atoms with Gasteiger partial charge in [-0.15, -0.1) is 0 Å². The number of hydrogen-bond acceptors (Lipinski definition) is 4. The van der Waals surface area contributed by atoms with E-state index in [0.717, 1.165) is 18.2 Å². The first kappa shape index (κ1) is 13.9. The van der Waals surface area contributed by atoms with Crippen LogP contribution >= 0.6 is 11.8 Å². The second-order valence-corrected chi connectivity index (χ2v) is 5.90. The summed E-state index contributed by atoms with van der Waals surface area (Å²) in [6.07, 6.45) is 2.70. The molecule has 2 unspecified atom stereocenters. The number of hydrogen-bond donors (Lipinski definition) is 1. The maximum absolute atomic E-state index is 11.4. The van der Waals surface area contributed by atoms with Gasteiger partial charge in [-0.2, -0.15) is 4.98 Å². The Balaban J connectivity index is 1.83. The Labute approximate surface area is 125 Å². The molecule has 1 heterocycles. The van der Waals surface area contributed by atoms with Crippen LogP contribution in [0.15, 0.2) is 52.5 Å². The fourth-order valence-corrected chi connectivity index (χ4v) is 3.18. The summed E-state index contributed by atoms with van der Waals surface area (Å²) >= 11 is 1.09. The molecular weight excluding hydrogens is 288 g/mol. The van der Waals surface area contributed by atoms with Gasteiger partial charge in [0.1, 0.15) is 0 Å². The van der Waals surface area contributed by atoms with Crippen molar-refractivity contribution in [2.24, 2.45) is 0 Å². The first-order chi connectivity index (χ1) is 10.1. The summed E-state index contributed by atoms with van der Waals surface area (Å²) in [7, 11) is 0. The third-order valence-electron chi connectivity index (χ3n) is 3.47. The van der Waals surface area contributed by atoms with Crippen LogP contribution in [0.1, 0.15) is 23.9 Å². The first-order valence-electron chi connectivity index (χ1n) is 6.64. The van der Waals surface area contributed by atoms with E-state index in [4.69, 9.17) is 5.11 Å². The van der Waals surface area contributed by atoms with Crippen LogP contribution in [0.4, 0.5) is 0 Å². The number of carboxylic acid groups (broad SMARTS) is 1. The monoisotopic (exact) mass is 302 g/mol. The molecule has 1 aromatic carbocycles. The Morgan fingerprint density at radius 1 is 1.33 bits per heavy atom. The van der Waals surface area contributed by atoms with Crippen LogP contribution in [0.5, 0.6) is 0 Å². The first-order valence-corrected chi connectivity index (χ1v) is 7.62. The number of carboxylic acids is 1. The summed E-state index contributed by atoms with van der Waals surface area (Å²) in [5.74, 6) is -0.612. The number of carbonyl (C=O) groups is 1. The smallest absolute Gasteiger partial charge is 0.313 e. The van der Waals surface area contributed by atoms with Gasteiger partial charge < -0.3 is 9.67 Å². The van der Waals surface area contributed by atoms with Crippen LogP contribution in [-0.4, -0.2) is 26.4 Å². The van der Waals surface area contributed by atoms with Crippen LogP contribution in [0, 0.1) is 0 Å². The zero-order valence-electron chi connectivity index (χ0n) is 11.2. The van der Waals surface area contributed by atoms with E-state index >= 15 is 0 Å². The molecule has 0 saturated heterocycles. The molecule has 0 amide bonds. The second-order valence-electron chi connectivity index (χ2n) is 4.96. The largest absolute Gasteiger partial charge is 0.481 e. The van der Waals surface area contributed by atoms with Gasteiger partial charge in [0.25, 0.3) is 5.56 Å². The zero-order valence-corrected chi connectivity index (χ0v) is 12.0. The maximum Gasteiger partial charge on any atom is 0.313 e. The highest BCUT2D eigenvalue weighted by molar-refractivity contribution is 7.99. The number of rotatable bonds is 5. The minimum atomic E-state index is -0.917. The molecule has 6 heteroatoms. The minimum Gasteiger partial charge on any atom is -0.481 e. The number of aromatic nitrogens is 2. The molecule has 1 aliphatic carbocycles. The summed E-state index contributed by atoms with van der Waals surface area (Å²) < 4.78 is 1.92. The Hall–Kier alpha value is -2.08. The van der Waals surface area contributed by atoms with Gasteiger partial charge in [-0.25, -0.2) is 0 Å². The van der Waals surface area contributed by atoms with Crippen molar-refractivity contribution in [3.63, 3.8) is 0 Å². The van der Waals surface area contributed by atoms with Gasteiger partial charge in [-0.1, -0.05) is 42.1 Å². The SMILES string of the molecule is O=C(O)CSc1nc(=O)ccn1C1CC1c1ccccc1. The molecule has 3 rings (SSSR count). The number of nitrogens with zero attached hydrogens (tertiary/aromatic N) is 2. The molecule has 21 heavy (non-hydrogen) atoms. The number of thioether (sulfide) groups is 1. The van der Waals surface area contributed by atoms with Crippen LogP contribution in [0.3, 0.4) is 0 Å². The molecule has 1 aromatic heterocycles. The maximum atomic E-state index is 11.4. The Morgan fingerprint density at radius 2 is 2.10 bits per heavy atom. The van der Waals surface area contributed by atoms with E-state index in [-0.39, 0.29) is 17.4 Å². The lowest BCUT2D eigenvalue weighted by molar-refractivity contribution is -0.133. The van der Waals surface area contributed by atoms with E-state index < -0.39 is 5.97 Å². The van der Waals surface area contributed by atoms with Crippen molar-refractivity contribution < 1.29 is 9.90 Å². The Bertz CT molecular complexity index is 714. The number of aliphatic carboxylic acids is 1. The van der Waals surface area contributed by atoms with Gasteiger partial charge in [0.2, 0.25) is 0 Å². The van der Waals surface area contributed by atoms with Crippen molar-refractivity contribution in [1.29, 1.82) is 0 Å². The molecule has 2 atom stereocenters. The molecule has 1 N–H and O–H groups in total. The molecule has 1 aliphatic rings. The van der Waals surface area contributed by atoms with E-state index in [9.17, 15) is 9.59 Å². The van der Waals surface area contributed by atoms with E-state index in [2.05, 4.69) is 17.1 Å². The van der Waals surface area contributed by atoms with Crippen molar-refractivity contribution in [2.75, 3.05) is 5.75 Å². The lowest BCUT2D eigenvalue weighted by Gasteiger charge is -2.10. The molecule has 2 aromatic rings. The van der Waals surface area contributed by atoms with Crippen molar-refractivity contribution in [3.8, 4) is 0 Å². The number of benzene rings is 1. The standard InChI is InChI=1S/C15H14N2O3S/c18-13-6-7-17(15(16-13)21-9-14(19)20)12-8-11(12)10-4-2-1-3-5-10/h1-7,11-12H,8-9H2,(H,19,20).